The summed E-state index contributed by atoms with van der Waals surface area (Å²) in [5.74, 6) is 0.0402. The van der Waals surface area contributed by atoms with Gasteiger partial charge in [0.05, 0.1) is 18.6 Å². The maximum atomic E-state index is 11.9. The van der Waals surface area contributed by atoms with Gasteiger partial charge in [-0.25, -0.2) is 4.98 Å². The summed E-state index contributed by atoms with van der Waals surface area (Å²) < 4.78 is 2.16. The zero-order valence-corrected chi connectivity index (χ0v) is 12.5. The van der Waals surface area contributed by atoms with Crippen molar-refractivity contribution >= 4 is 17.5 Å². The molecular formula is C16H18ClN3O. The zero-order valence-electron chi connectivity index (χ0n) is 11.8. The van der Waals surface area contributed by atoms with E-state index < -0.39 is 0 Å². The van der Waals surface area contributed by atoms with Crippen LogP contribution in [0.25, 0.3) is 0 Å². The molecule has 21 heavy (non-hydrogen) atoms. The van der Waals surface area contributed by atoms with Gasteiger partial charge in [0.1, 0.15) is 0 Å². The van der Waals surface area contributed by atoms with Gasteiger partial charge in [0.25, 0.3) is 0 Å². The Morgan fingerprint density at radius 1 is 1.38 bits per heavy atom. The number of nitrogens with zero attached hydrogens (tertiary/aromatic N) is 2. The van der Waals surface area contributed by atoms with Gasteiger partial charge in [-0.2, -0.15) is 0 Å². The van der Waals surface area contributed by atoms with Crippen LogP contribution < -0.4 is 5.32 Å². The number of aromatic nitrogens is 2. The van der Waals surface area contributed by atoms with Gasteiger partial charge in [-0.05, 0) is 30.9 Å². The van der Waals surface area contributed by atoms with Gasteiger partial charge in [-0.15, -0.1) is 0 Å². The Balaban J connectivity index is 1.48. The fourth-order valence-corrected chi connectivity index (χ4v) is 2.61. The first kappa shape index (κ1) is 14.1. The molecule has 1 aromatic heterocycles. The van der Waals surface area contributed by atoms with E-state index in [2.05, 4.69) is 14.9 Å². The Morgan fingerprint density at radius 2 is 2.19 bits per heavy atom. The molecule has 1 aliphatic rings. The minimum atomic E-state index is 0.0402. The minimum absolute atomic E-state index is 0.0402. The first-order chi connectivity index (χ1) is 10.2. The molecule has 0 unspecified atom stereocenters. The molecule has 3 rings (SSSR count). The summed E-state index contributed by atoms with van der Waals surface area (Å²) in [5.41, 5.74) is 2.08. The van der Waals surface area contributed by atoms with Crippen LogP contribution in [0.1, 0.15) is 36.6 Å². The molecular weight excluding hydrogens is 286 g/mol. The standard InChI is InChI=1S/C16H18ClN3O/c17-15-4-2-1-3-12(15)5-8-16(21)19-10-14-9-18-11-20(14)13-6-7-13/h1-4,9,11,13H,5-8,10H2,(H,19,21). The van der Waals surface area contributed by atoms with E-state index in [1.54, 1.807) is 0 Å². The number of benzene rings is 1. The van der Waals surface area contributed by atoms with E-state index in [4.69, 9.17) is 11.6 Å². The number of rotatable bonds is 6. The molecule has 1 N–H and O–H groups in total. The van der Waals surface area contributed by atoms with Crippen molar-refractivity contribution < 1.29 is 4.79 Å². The maximum absolute atomic E-state index is 11.9. The lowest BCUT2D eigenvalue weighted by molar-refractivity contribution is -0.121. The molecule has 0 saturated heterocycles. The first-order valence-electron chi connectivity index (χ1n) is 7.25. The highest BCUT2D eigenvalue weighted by Crippen LogP contribution is 2.35. The highest BCUT2D eigenvalue weighted by Gasteiger charge is 2.25. The van der Waals surface area contributed by atoms with Gasteiger partial charge >= 0.3 is 0 Å². The summed E-state index contributed by atoms with van der Waals surface area (Å²) in [6.45, 7) is 0.540. The van der Waals surface area contributed by atoms with Gasteiger partial charge in [-0.3, -0.25) is 4.79 Å². The van der Waals surface area contributed by atoms with Crippen molar-refractivity contribution in [2.75, 3.05) is 0 Å². The molecule has 1 aromatic carbocycles. The Bertz CT molecular complexity index is 634. The Hall–Kier alpha value is -1.81. The van der Waals surface area contributed by atoms with Gasteiger partial charge < -0.3 is 9.88 Å². The average Bonchev–Trinajstić information content (AvgIpc) is 3.23. The monoisotopic (exact) mass is 303 g/mol. The minimum Gasteiger partial charge on any atom is -0.350 e. The van der Waals surface area contributed by atoms with Crippen molar-refractivity contribution in [1.29, 1.82) is 0 Å². The second-order valence-electron chi connectivity index (χ2n) is 5.39. The van der Waals surface area contributed by atoms with Crippen molar-refractivity contribution in [3.05, 3.63) is 53.1 Å². The Morgan fingerprint density at radius 3 is 2.95 bits per heavy atom. The van der Waals surface area contributed by atoms with Crippen molar-refractivity contribution in [3.63, 3.8) is 0 Å². The predicted molar refractivity (Wildman–Crippen MR) is 82.1 cm³/mol. The van der Waals surface area contributed by atoms with Crippen molar-refractivity contribution in [2.24, 2.45) is 0 Å². The van der Waals surface area contributed by atoms with Crippen LogP contribution in [-0.2, 0) is 17.8 Å². The van der Waals surface area contributed by atoms with Crippen molar-refractivity contribution in [3.8, 4) is 0 Å². The molecule has 2 aromatic rings. The Kier molecular flexibility index (Phi) is 4.25. The largest absolute Gasteiger partial charge is 0.350 e. The van der Waals surface area contributed by atoms with Crippen LogP contribution in [0.15, 0.2) is 36.8 Å². The number of amides is 1. The second kappa shape index (κ2) is 6.31. The van der Waals surface area contributed by atoms with E-state index in [0.717, 1.165) is 16.3 Å². The lowest BCUT2D eigenvalue weighted by Gasteiger charge is -2.08. The van der Waals surface area contributed by atoms with Gasteiger partial charge in [-0.1, -0.05) is 29.8 Å². The summed E-state index contributed by atoms with van der Waals surface area (Å²) in [6.07, 6.45) is 7.21. The van der Waals surface area contributed by atoms with Crippen LogP contribution in [0, 0.1) is 0 Å². The molecule has 1 amide bonds. The lowest BCUT2D eigenvalue weighted by Crippen LogP contribution is -2.24. The van der Waals surface area contributed by atoms with Crippen molar-refractivity contribution in [2.45, 2.75) is 38.3 Å². The summed E-state index contributed by atoms with van der Waals surface area (Å²) in [5, 5.41) is 3.67. The Labute approximate surface area is 129 Å². The van der Waals surface area contributed by atoms with Crippen LogP contribution in [0.3, 0.4) is 0 Å². The quantitative estimate of drug-likeness (QED) is 0.891. The fraction of sp³-hybridized carbons (Fsp3) is 0.375. The third-order valence-electron chi connectivity index (χ3n) is 3.73. The van der Waals surface area contributed by atoms with Gasteiger partial charge in [0, 0.05) is 23.7 Å². The first-order valence-corrected chi connectivity index (χ1v) is 7.62. The summed E-state index contributed by atoms with van der Waals surface area (Å²) in [7, 11) is 0. The van der Waals surface area contributed by atoms with E-state index in [1.807, 2.05) is 36.8 Å². The van der Waals surface area contributed by atoms with E-state index in [9.17, 15) is 4.79 Å². The van der Waals surface area contributed by atoms with Gasteiger partial charge in [0.2, 0.25) is 5.91 Å². The number of halogens is 1. The number of nitrogens with one attached hydrogen (secondary N) is 1. The average molecular weight is 304 g/mol. The maximum Gasteiger partial charge on any atom is 0.220 e. The fourth-order valence-electron chi connectivity index (χ4n) is 2.38. The molecule has 1 saturated carbocycles. The SMILES string of the molecule is O=C(CCc1ccccc1Cl)NCc1cncn1C1CC1. The van der Waals surface area contributed by atoms with Crippen LogP contribution >= 0.6 is 11.6 Å². The summed E-state index contributed by atoms with van der Waals surface area (Å²) >= 11 is 6.09. The second-order valence-corrected chi connectivity index (χ2v) is 5.80. The van der Waals surface area contributed by atoms with E-state index in [1.165, 1.54) is 12.8 Å². The van der Waals surface area contributed by atoms with Crippen LogP contribution in [0.5, 0.6) is 0 Å². The smallest absolute Gasteiger partial charge is 0.220 e. The zero-order chi connectivity index (χ0) is 14.7. The number of imidazole rings is 1. The molecule has 0 bridgehead atoms. The highest BCUT2D eigenvalue weighted by molar-refractivity contribution is 6.31. The van der Waals surface area contributed by atoms with Crippen LogP contribution in [0.2, 0.25) is 5.02 Å². The highest BCUT2D eigenvalue weighted by atomic mass is 35.5. The summed E-state index contributed by atoms with van der Waals surface area (Å²) in [4.78, 5) is 16.1. The van der Waals surface area contributed by atoms with E-state index in [0.29, 0.717) is 25.4 Å². The molecule has 110 valence electrons. The molecule has 5 heteroatoms. The van der Waals surface area contributed by atoms with Gasteiger partial charge in [0.15, 0.2) is 0 Å². The molecule has 1 aliphatic carbocycles. The molecule has 1 fully saturated rings. The topological polar surface area (TPSA) is 46.9 Å². The molecule has 0 atom stereocenters. The van der Waals surface area contributed by atoms with Crippen LogP contribution in [0.4, 0.5) is 0 Å². The third-order valence-corrected chi connectivity index (χ3v) is 4.10. The third kappa shape index (κ3) is 3.64. The predicted octanol–water partition coefficient (Wildman–Crippen LogP) is 3.12. The lowest BCUT2D eigenvalue weighted by atomic mass is 10.1. The number of hydrogen-bond donors (Lipinski definition) is 1. The number of aryl methyl sites for hydroxylation is 1. The van der Waals surface area contributed by atoms with E-state index >= 15 is 0 Å². The molecule has 0 radical (unpaired) electrons. The number of carbonyl (C=O) groups is 1. The molecule has 4 nitrogen and oxygen atoms in total. The number of carbonyl (C=O) groups excluding carboxylic acids is 1. The summed E-state index contributed by atoms with van der Waals surface area (Å²) in [6, 6.07) is 8.22. The molecule has 1 heterocycles. The van der Waals surface area contributed by atoms with Crippen LogP contribution in [-0.4, -0.2) is 15.5 Å². The van der Waals surface area contributed by atoms with E-state index in [-0.39, 0.29) is 5.91 Å². The molecule has 0 spiro atoms. The normalized spacial score (nSPS) is 14.1. The number of hydrogen-bond acceptors (Lipinski definition) is 2. The van der Waals surface area contributed by atoms with Crippen molar-refractivity contribution in [1.82, 2.24) is 14.9 Å². The molecule has 0 aliphatic heterocycles.